The monoisotopic (exact) mass is 196 g/mol. The van der Waals surface area contributed by atoms with Gasteiger partial charge in [-0.3, -0.25) is 4.79 Å². The van der Waals surface area contributed by atoms with Gasteiger partial charge in [0.15, 0.2) is 0 Å². The molecule has 5 heteroatoms. The van der Waals surface area contributed by atoms with E-state index in [-0.39, 0.29) is 16.9 Å². The Morgan fingerprint density at radius 2 is 1.93 bits per heavy atom. The van der Waals surface area contributed by atoms with Crippen LogP contribution in [0.2, 0.25) is 0 Å². The quantitative estimate of drug-likeness (QED) is 0.472. The average Bonchev–Trinajstić information content (AvgIpc) is 2.17. The van der Waals surface area contributed by atoms with Gasteiger partial charge in [0.2, 0.25) is 0 Å². The van der Waals surface area contributed by atoms with Crippen LogP contribution < -0.4 is 0 Å². The molecule has 0 amide bonds. The zero-order valence-electron chi connectivity index (χ0n) is 7.10. The van der Waals surface area contributed by atoms with Crippen molar-refractivity contribution in [1.82, 2.24) is 0 Å². The molecule has 1 aromatic carbocycles. The van der Waals surface area contributed by atoms with Gasteiger partial charge in [0, 0.05) is 11.1 Å². The molecule has 0 saturated heterocycles. The van der Waals surface area contributed by atoms with Gasteiger partial charge in [-0.25, -0.2) is 4.79 Å². The number of ketones is 1. The minimum Gasteiger partial charge on any atom is -0.508 e. The van der Waals surface area contributed by atoms with Crippen molar-refractivity contribution in [3.63, 3.8) is 0 Å². The smallest absolute Gasteiger partial charge is 0.377 e. The summed E-state index contributed by atoms with van der Waals surface area (Å²) in [6.07, 6.45) is 0. The first kappa shape index (κ1) is 10.2. The van der Waals surface area contributed by atoms with E-state index >= 15 is 0 Å². The third-order valence-corrected chi connectivity index (χ3v) is 1.71. The van der Waals surface area contributed by atoms with Crippen molar-refractivity contribution in [2.24, 2.45) is 0 Å². The number of carboxylic acid groups (broad SMARTS) is 1. The van der Waals surface area contributed by atoms with Crippen molar-refractivity contribution < 1.29 is 24.9 Å². The molecule has 3 N–H and O–H groups in total. The molecule has 5 nitrogen and oxygen atoms in total. The average molecular weight is 196 g/mol. The molecule has 0 aliphatic heterocycles. The van der Waals surface area contributed by atoms with E-state index in [1.54, 1.807) is 0 Å². The highest BCUT2D eigenvalue weighted by molar-refractivity contribution is 6.39. The van der Waals surface area contributed by atoms with Crippen LogP contribution in [0.3, 0.4) is 0 Å². The number of carboxylic acids is 1. The van der Waals surface area contributed by atoms with Crippen LogP contribution in [0.15, 0.2) is 18.2 Å². The van der Waals surface area contributed by atoms with Crippen molar-refractivity contribution >= 4 is 11.8 Å². The first-order valence-corrected chi connectivity index (χ1v) is 3.76. The van der Waals surface area contributed by atoms with Crippen LogP contribution in [-0.4, -0.2) is 27.1 Å². The minimum absolute atomic E-state index is 0.0700. The van der Waals surface area contributed by atoms with Gasteiger partial charge in [-0.1, -0.05) is 0 Å². The minimum atomic E-state index is -1.57. The van der Waals surface area contributed by atoms with Gasteiger partial charge in [0.1, 0.15) is 5.75 Å². The molecule has 0 bridgehead atoms. The molecule has 1 rings (SSSR count). The number of aliphatic hydroxyl groups is 1. The molecule has 0 radical (unpaired) electrons. The molecule has 74 valence electrons. The lowest BCUT2D eigenvalue weighted by molar-refractivity contribution is -0.131. The van der Waals surface area contributed by atoms with E-state index in [0.29, 0.717) is 0 Å². The number of aliphatic hydroxyl groups excluding tert-OH is 1. The summed E-state index contributed by atoms with van der Waals surface area (Å²) in [6, 6.07) is 3.50. The van der Waals surface area contributed by atoms with E-state index in [4.69, 9.17) is 15.3 Å². The molecule has 0 spiro atoms. The van der Waals surface area contributed by atoms with Gasteiger partial charge < -0.3 is 15.3 Å². The molecular weight excluding hydrogens is 188 g/mol. The third-order valence-electron chi connectivity index (χ3n) is 1.71. The summed E-state index contributed by atoms with van der Waals surface area (Å²) >= 11 is 0. The van der Waals surface area contributed by atoms with Crippen molar-refractivity contribution in [2.75, 3.05) is 0 Å². The number of rotatable bonds is 3. The van der Waals surface area contributed by atoms with Crippen LogP contribution in [0.25, 0.3) is 0 Å². The zero-order chi connectivity index (χ0) is 10.7. The summed E-state index contributed by atoms with van der Waals surface area (Å²) in [5, 5.41) is 26.3. The second-order valence-electron chi connectivity index (χ2n) is 2.64. The number of carbonyl (C=O) groups excluding carboxylic acids is 1. The first-order chi connectivity index (χ1) is 6.56. The second-order valence-corrected chi connectivity index (χ2v) is 2.64. The Morgan fingerprint density at radius 3 is 2.43 bits per heavy atom. The molecule has 0 atom stereocenters. The molecule has 0 saturated carbocycles. The second kappa shape index (κ2) is 3.89. The molecule has 14 heavy (non-hydrogen) atoms. The van der Waals surface area contributed by atoms with Crippen molar-refractivity contribution in [3.05, 3.63) is 29.3 Å². The number of aliphatic carboxylic acids is 1. The Balaban J connectivity index is 3.12. The van der Waals surface area contributed by atoms with Gasteiger partial charge >= 0.3 is 5.97 Å². The summed E-state index contributed by atoms with van der Waals surface area (Å²) < 4.78 is 0. The fourth-order valence-corrected chi connectivity index (χ4v) is 0.977. The molecule has 0 heterocycles. The van der Waals surface area contributed by atoms with Gasteiger partial charge in [-0.05, 0) is 18.2 Å². The molecule has 0 fully saturated rings. The number of hydrogen-bond acceptors (Lipinski definition) is 4. The molecular formula is C9H8O5. The van der Waals surface area contributed by atoms with Crippen LogP contribution in [0.5, 0.6) is 5.75 Å². The number of phenols is 1. The van der Waals surface area contributed by atoms with Gasteiger partial charge in [-0.2, -0.15) is 0 Å². The van der Waals surface area contributed by atoms with Crippen LogP contribution in [0.4, 0.5) is 0 Å². The van der Waals surface area contributed by atoms with E-state index in [2.05, 4.69) is 0 Å². The van der Waals surface area contributed by atoms with E-state index in [1.165, 1.54) is 12.1 Å². The Hall–Kier alpha value is -1.88. The largest absolute Gasteiger partial charge is 0.508 e. The summed E-state index contributed by atoms with van der Waals surface area (Å²) in [5.74, 6) is -2.81. The lowest BCUT2D eigenvalue weighted by Crippen LogP contribution is -2.12. The molecule has 0 unspecified atom stereocenters. The van der Waals surface area contributed by atoms with Crippen LogP contribution >= 0.6 is 0 Å². The summed E-state index contributed by atoms with van der Waals surface area (Å²) in [4.78, 5) is 21.3. The van der Waals surface area contributed by atoms with E-state index in [0.717, 1.165) is 6.07 Å². The Morgan fingerprint density at radius 1 is 1.29 bits per heavy atom. The summed E-state index contributed by atoms with van der Waals surface area (Å²) in [5.41, 5.74) is 0.0523. The number of benzene rings is 1. The normalized spacial score (nSPS) is 9.79. The molecule has 0 aliphatic carbocycles. The standard InChI is InChI=1S/C9H8O5/c10-4-6-3-5(1-2-7(6)11)8(12)9(13)14/h1-3,10-11H,4H2,(H,13,14). The lowest BCUT2D eigenvalue weighted by Gasteiger charge is -2.02. The lowest BCUT2D eigenvalue weighted by atomic mass is 10.1. The Bertz CT molecular complexity index is 383. The molecule has 1 aromatic rings. The first-order valence-electron chi connectivity index (χ1n) is 3.76. The topological polar surface area (TPSA) is 94.8 Å². The molecule has 0 aliphatic rings. The van der Waals surface area contributed by atoms with Crippen LogP contribution in [0, 0.1) is 0 Å². The van der Waals surface area contributed by atoms with Gasteiger partial charge in [0.05, 0.1) is 6.61 Å². The SMILES string of the molecule is O=C(O)C(=O)c1ccc(O)c(CO)c1. The number of Topliss-reactive ketones (excluding diaryl/α,β-unsaturated/α-hetero) is 1. The van der Waals surface area contributed by atoms with Gasteiger partial charge in [-0.15, -0.1) is 0 Å². The van der Waals surface area contributed by atoms with Crippen molar-refractivity contribution in [1.29, 1.82) is 0 Å². The fourth-order valence-electron chi connectivity index (χ4n) is 0.977. The van der Waals surface area contributed by atoms with E-state index in [1.807, 2.05) is 0 Å². The van der Waals surface area contributed by atoms with Gasteiger partial charge in [0.25, 0.3) is 5.78 Å². The Labute approximate surface area is 79.2 Å². The third kappa shape index (κ3) is 1.89. The maximum absolute atomic E-state index is 11.0. The van der Waals surface area contributed by atoms with E-state index in [9.17, 15) is 9.59 Å². The number of aromatic hydroxyl groups is 1. The van der Waals surface area contributed by atoms with Crippen molar-refractivity contribution in [3.8, 4) is 5.75 Å². The number of hydrogen-bond donors (Lipinski definition) is 3. The predicted molar refractivity (Wildman–Crippen MR) is 46.0 cm³/mol. The van der Waals surface area contributed by atoms with Crippen LogP contribution in [-0.2, 0) is 11.4 Å². The maximum Gasteiger partial charge on any atom is 0.377 e. The highest BCUT2D eigenvalue weighted by Gasteiger charge is 2.15. The maximum atomic E-state index is 11.0. The highest BCUT2D eigenvalue weighted by atomic mass is 16.4. The fraction of sp³-hybridized carbons (Fsp3) is 0.111. The number of carbonyl (C=O) groups is 2. The predicted octanol–water partition coefficient (Wildman–Crippen LogP) is 0.152. The van der Waals surface area contributed by atoms with Crippen molar-refractivity contribution in [2.45, 2.75) is 6.61 Å². The van der Waals surface area contributed by atoms with Crippen LogP contribution in [0.1, 0.15) is 15.9 Å². The zero-order valence-corrected chi connectivity index (χ0v) is 7.10. The Kier molecular flexibility index (Phi) is 2.83. The van der Waals surface area contributed by atoms with E-state index < -0.39 is 18.4 Å². The summed E-state index contributed by atoms with van der Waals surface area (Å²) in [7, 11) is 0. The molecule has 0 aromatic heterocycles. The summed E-state index contributed by atoms with van der Waals surface area (Å²) in [6.45, 7) is -0.452. The highest BCUT2D eigenvalue weighted by Crippen LogP contribution is 2.18.